The molecule has 1 aliphatic rings. The molecule has 0 saturated heterocycles. The van der Waals surface area contributed by atoms with Gasteiger partial charge in [0, 0.05) is 48.7 Å². The molecule has 4 heteroatoms. The Morgan fingerprint density at radius 3 is 2.40 bits per heavy atom. The fourth-order valence-corrected chi connectivity index (χ4v) is 4.34. The number of aliphatic imine (C=N–C) groups is 1. The SMILES string of the molecule is CN1C(=O)[C@@H](Cc2cn(C)c3ccccc23)N=C(c2ccccc2)c2ccccc21. The van der Waals surface area contributed by atoms with Crippen molar-refractivity contribution in [2.75, 3.05) is 11.9 Å². The summed E-state index contributed by atoms with van der Waals surface area (Å²) < 4.78 is 2.12. The Balaban J connectivity index is 1.65. The van der Waals surface area contributed by atoms with Crippen LogP contribution in [0.2, 0.25) is 0 Å². The molecule has 4 aromatic rings. The standard InChI is InChI=1S/C26H23N3O/c1-28-17-19(20-12-6-8-14-23(20)28)16-22-26(30)29(2)24-15-9-7-13-21(24)25(27-22)18-10-4-3-5-11-18/h3-15,17,22H,16H2,1-2H3/t22-/m1/s1. The van der Waals surface area contributed by atoms with Gasteiger partial charge in [0.2, 0.25) is 0 Å². The third-order valence-corrected chi connectivity index (χ3v) is 5.86. The van der Waals surface area contributed by atoms with Crippen molar-refractivity contribution in [3.8, 4) is 0 Å². The second-order valence-corrected chi connectivity index (χ2v) is 7.76. The first-order valence-corrected chi connectivity index (χ1v) is 10.2. The number of carbonyl (C=O) groups is 1. The van der Waals surface area contributed by atoms with Gasteiger partial charge in [-0.3, -0.25) is 9.79 Å². The van der Waals surface area contributed by atoms with Gasteiger partial charge in [-0.15, -0.1) is 0 Å². The summed E-state index contributed by atoms with van der Waals surface area (Å²) >= 11 is 0. The molecule has 148 valence electrons. The summed E-state index contributed by atoms with van der Waals surface area (Å²) in [7, 11) is 3.89. The molecule has 0 N–H and O–H groups in total. The Bertz CT molecular complexity index is 1270. The van der Waals surface area contributed by atoms with Crippen LogP contribution in [0.5, 0.6) is 0 Å². The summed E-state index contributed by atoms with van der Waals surface area (Å²) in [5.74, 6) is 0.0151. The van der Waals surface area contributed by atoms with Gasteiger partial charge in [0.05, 0.1) is 11.4 Å². The van der Waals surface area contributed by atoms with Crippen molar-refractivity contribution in [2.24, 2.45) is 12.0 Å². The van der Waals surface area contributed by atoms with Crippen LogP contribution in [0.4, 0.5) is 5.69 Å². The number of carbonyl (C=O) groups excluding carboxylic acids is 1. The third kappa shape index (κ3) is 3.01. The van der Waals surface area contributed by atoms with E-state index in [0.29, 0.717) is 6.42 Å². The molecule has 4 nitrogen and oxygen atoms in total. The molecule has 0 spiro atoms. The predicted octanol–water partition coefficient (Wildman–Crippen LogP) is 4.60. The smallest absolute Gasteiger partial charge is 0.251 e. The molecular weight excluding hydrogens is 370 g/mol. The van der Waals surface area contributed by atoms with Gasteiger partial charge in [0.15, 0.2) is 0 Å². The van der Waals surface area contributed by atoms with E-state index in [-0.39, 0.29) is 5.91 Å². The van der Waals surface area contributed by atoms with E-state index in [9.17, 15) is 4.79 Å². The summed E-state index contributed by atoms with van der Waals surface area (Å²) in [6.07, 6.45) is 2.68. The highest BCUT2D eigenvalue weighted by molar-refractivity contribution is 6.20. The first kappa shape index (κ1) is 18.4. The Morgan fingerprint density at radius 2 is 1.57 bits per heavy atom. The van der Waals surface area contributed by atoms with E-state index in [2.05, 4.69) is 35.0 Å². The van der Waals surface area contributed by atoms with Crippen LogP contribution in [0.15, 0.2) is 90.1 Å². The number of rotatable bonds is 3. The van der Waals surface area contributed by atoms with E-state index >= 15 is 0 Å². The first-order chi connectivity index (χ1) is 14.6. The van der Waals surface area contributed by atoms with Crippen LogP contribution in [-0.4, -0.2) is 29.3 Å². The van der Waals surface area contributed by atoms with E-state index < -0.39 is 6.04 Å². The van der Waals surface area contributed by atoms with Gasteiger partial charge in [-0.2, -0.15) is 0 Å². The van der Waals surface area contributed by atoms with E-state index in [4.69, 9.17) is 4.99 Å². The summed E-state index contributed by atoms with van der Waals surface area (Å²) in [6.45, 7) is 0. The van der Waals surface area contributed by atoms with Gasteiger partial charge in [0.25, 0.3) is 5.91 Å². The Morgan fingerprint density at radius 1 is 0.867 bits per heavy atom. The number of aryl methyl sites for hydroxylation is 1. The zero-order valence-corrected chi connectivity index (χ0v) is 17.1. The number of hydrogen-bond donors (Lipinski definition) is 0. The highest BCUT2D eigenvalue weighted by Crippen LogP contribution is 2.30. The predicted molar refractivity (Wildman–Crippen MR) is 122 cm³/mol. The van der Waals surface area contributed by atoms with Crippen LogP contribution in [0.3, 0.4) is 0 Å². The van der Waals surface area contributed by atoms with Crippen LogP contribution >= 0.6 is 0 Å². The van der Waals surface area contributed by atoms with Crippen molar-refractivity contribution in [2.45, 2.75) is 12.5 Å². The lowest BCUT2D eigenvalue weighted by Gasteiger charge is -2.20. The van der Waals surface area contributed by atoms with Crippen LogP contribution in [-0.2, 0) is 18.3 Å². The maximum Gasteiger partial charge on any atom is 0.251 e. The van der Waals surface area contributed by atoms with E-state index in [1.54, 1.807) is 4.90 Å². The summed E-state index contributed by atoms with van der Waals surface area (Å²) in [5.41, 5.74) is 6.08. The van der Waals surface area contributed by atoms with Crippen LogP contribution in [0.1, 0.15) is 16.7 Å². The molecule has 0 saturated carbocycles. The van der Waals surface area contributed by atoms with E-state index in [1.807, 2.05) is 68.7 Å². The number of nitrogens with zero attached hydrogens (tertiary/aromatic N) is 3. The van der Waals surface area contributed by atoms with Crippen molar-refractivity contribution in [1.29, 1.82) is 0 Å². The first-order valence-electron chi connectivity index (χ1n) is 10.2. The zero-order valence-electron chi connectivity index (χ0n) is 17.1. The molecule has 0 radical (unpaired) electrons. The molecule has 30 heavy (non-hydrogen) atoms. The number of hydrogen-bond acceptors (Lipinski definition) is 2. The van der Waals surface area contributed by atoms with Crippen molar-refractivity contribution >= 4 is 28.2 Å². The van der Waals surface area contributed by atoms with E-state index in [1.165, 1.54) is 5.39 Å². The lowest BCUT2D eigenvalue weighted by Crippen LogP contribution is -2.36. The highest BCUT2D eigenvalue weighted by Gasteiger charge is 2.30. The summed E-state index contributed by atoms with van der Waals surface area (Å²) in [5, 5.41) is 1.17. The third-order valence-electron chi connectivity index (χ3n) is 5.86. The van der Waals surface area contributed by atoms with Gasteiger partial charge in [-0.05, 0) is 17.7 Å². The van der Waals surface area contributed by atoms with E-state index in [0.717, 1.165) is 33.6 Å². The number of benzene rings is 3. The summed E-state index contributed by atoms with van der Waals surface area (Å²) in [4.78, 5) is 20.2. The normalized spacial score (nSPS) is 16.3. The molecule has 3 aromatic carbocycles. The van der Waals surface area contributed by atoms with Crippen LogP contribution in [0, 0.1) is 0 Å². The fourth-order valence-electron chi connectivity index (χ4n) is 4.34. The molecule has 0 fully saturated rings. The maximum atomic E-state index is 13.4. The molecule has 2 heterocycles. The molecular formula is C26H23N3O. The number of para-hydroxylation sites is 2. The van der Waals surface area contributed by atoms with Crippen molar-refractivity contribution in [3.05, 3.63) is 102 Å². The summed E-state index contributed by atoms with van der Waals surface area (Å²) in [6, 6.07) is 26.0. The minimum absolute atomic E-state index is 0.0151. The molecule has 1 atom stereocenters. The molecule has 0 aliphatic carbocycles. The van der Waals surface area contributed by atoms with Gasteiger partial charge in [-0.1, -0.05) is 66.7 Å². The lowest BCUT2D eigenvalue weighted by molar-refractivity contribution is -0.119. The fraction of sp³-hybridized carbons (Fsp3) is 0.154. The minimum atomic E-state index is -0.483. The monoisotopic (exact) mass is 393 g/mol. The van der Waals surface area contributed by atoms with Gasteiger partial charge in [-0.25, -0.2) is 0 Å². The quantitative estimate of drug-likeness (QED) is 0.501. The number of benzodiazepines with no additional fused rings is 1. The maximum absolute atomic E-state index is 13.4. The largest absolute Gasteiger partial charge is 0.350 e. The molecule has 0 unspecified atom stereocenters. The molecule has 1 aliphatic heterocycles. The van der Waals surface area contributed by atoms with Crippen molar-refractivity contribution < 1.29 is 4.79 Å². The second kappa shape index (κ2) is 7.30. The van der Waals surface area contributed by atoms with Crippen LogP contribution < -0.4 is 4.90 Å². The number of amides is 1. The number of anilines is 1. The average molecular weight is 393 g/mol. The second-order valence-electron chi connectivity index (χ2n) is 7.76. The van der Waals surface area contributed by atoms with Crippen LogP contribution in [0.25, 0.3) is 10.9 Å². The van der Waals surface area contributed by atoms with Gasteiger partial charge < -0.3 is 9.47 Å². The van der Waals surface area contributed by atoms with Crippen molar-refractivity contribution in [3.63, 3.8) is 0 Å². The Labute approximate surface area is 176 Å². The molecule has 1 aromatic heterocycles. The van der Waals surface area contributed by atoms with Gasteiger partial charge >= 0.3 is 0 Å². The zero-order chi connectivity index (χ0) is 20.7. The van der Waals surface area contributed by atoms with Gasteiger partial charge in [0.1, 0.15) is 6.04 Å². The topological polar surface area (TPSA) is 37.6 Å². The number of likely N-dealkylation sites (N-methyl/N-ethyl adjacent to an activating group) is 1. The molecule has 5 rings (SSSR count). The molecule has 1 amide bonds. The lowest BCUT2D eigenvalue weighted by atomic mass is 10.0. The number of fused-ring (bicyclic) bond motifs is 2. The highest BCUT2D eigenvalue weighted by atomic mass is 16.2. The molecule has 0 bridgehead atoms. The average Bonchev–Trinajstić information content (AvgIpc) is 3.06. The Kier molecular flexibility index (Phi) is 4.47. The van der Waals surface area contributed by atoms with Crippen molar-refractivity contribution in [1.82, 2.24) is 4.57 Å². The number of aromatic nitrogens is 1. The Hall–Kier alpha value is -3.66. The minimum Gasteiger partial charge on any atom is -0.350 e.